The number of pyridine rings is 1. The van der Waals surface area contributed by atoms with Crippen molar-refractivity contribution in [3.8, 4) is 22.8 Å². The van der Waals surface area contributed by atoms with E-state index in [9.17, 15) is 10.3 Å². The van der Waals surface area contributed by atoms with Crippen LogP contribution in [0.1, 0.15) is 0 Å². The summed E-state index contributed by atoms with van der Waals surface area (Å²) in [6.07, 6.45) is 2.61. The molecule has 0 unspecified atom stereocenters. The highest BCUT2D eigenvalue weighted by Crippen LogP contribution is 2.30. The number of aromatic hydroxyl groups is 1. The zero-order valence-electron chi connectivity index (χ0n) is 12.4. The van der Waals surface area contributed by atoms with Crippen molar-refractivity contribution < 1.29 is 15.0 Å². The summed E-state index contributed by atoms with van der Waals surface area (Å²) in [5.41, 5.74) is 1.32. The molecule has 0 saturated carbocycles. The van der Waals surface area contributed by atoms with Crippen LogP contribution in [0.5, 0.6) is 5.75 Å². The van der Waals surface area contributed by atoms with Crippen molar-refractivity contribution in [2.45, 2.75) is 0 Å². The first-order chi connectivity index (χ1) is 11.6. The van der Waals surface area contributed by atoms with Crippen LogP contribution in [0.25, 0.3) is 27.8 Å². The average molecular weight is 337 g/mol. The second kappa shape index (κ2) is 5.47. The molecule has 0 aliphatic carbocycles. The summed E-state index contributed by atoms with van der Waals surface area (Å²) in [6, 6.07) is 15.5. The molecule has 2 aromatic carbocycles. The quantitative estimate of drug-likeness (QED) is 0.298. The minimum Gasteiger partial charge on any atom is -0.502 e. The lowest BCUT2D eigenvalue weighted by molar-refractivity contribution is -0.904. The molecule has 0 fully saturated rings. The highest BCUT2D eigenvalue weighted by Gasteiger charge is 2.18. The number of H-pyrrole nitrogens is 1. The van der Waals surface area contributed by atoms with Gasteiger partial charge in [0.05, 0.1) is 11.3 Å². The fourth-order valence-corrected chi connectivity index (χ4v) is 3.00. The SMILES string of the molecule is Oc1c[n+](O)ccc1-c1n[nH]c(=S)n1-c1cccc2ccccc12. The second-order valence-corrected chi connectivity index (χ2v) is 5.70. The van der Waals surface area contributed by atoms with Gasteiger partial charge in [0.1, 0.15) is 0 Å². The molecule has 6 nitrogen and oxygen atoms in total. The minimum atomic E-state index is -0.101. The Morgan fingerprint density at radius 2 is 1.88 bits per heavy atom. The molecule has 0 atom stereocenters. The Morgan fingerprint density at radius 3 is 2.71 bits per heavy atom. The molecule has 2 heterocycles. The van der Waals surface area contributed by atoms with Crippen LogP contribution in [0, 0.1) is 4.77 Å². The Labute approximate surface area is 141 Å². The fourth-order valence-electron chi connectivity index (χ4n) is 2.77. The Morgan fingerprint density at radius 1 is 1.08 bits per heavy atom. The van der Waals surface area contributed by atoms with E-state index in [0.717, 1.165) is 21.2 Å². The maximum atomic E-state index is 10.2. The summed E-state index contributed by atoms with van der Waals surface area (Å²) < 4.78 is 2.97. The molecule has 0 amide bonds. The molecule has 2 aromatic heterocycles. The smallest absolute Gasteiger partial charge is 0.264 e. The number of hydrogen-bond acceptors (Lipinski definition) is 4. The van der Waals surface area contributed by atoms with Gasteiger partial charge in [-0.05, 0) is 23.7 Å². The number of hydrogen-bond donors (Lipinski definition) is 3. The standard InChI is InChI=1S/C17H12N4O2S/c22-15-10-20(23)9-8-13(15)16-18-19-17(24)21(16)14-7-3-5-11-4-1-2-6-12(11)14/h1-10,22-23H/p+1. The summed E-state index contributed by atoms with van der Waals surface area (Å²) in [5, 5.41) is 28.7. The predicted octanol–water partition coefficient (Wildman–Crippen LogP) is 2.98. The number of nitrogens with zero attached hydrogens (tertiary/aromatic N) is 3. The van der Waals surface area contributed by atoms with Crippen LogP contribution in [-0.2, 0) is 0 Å². The van der Waals surface area contributed by atoms with Gasteiger partial charge in [0, 0.05) is 16.2 Å². The van der Waals surface area contributed by atoms with E-state index in [0.29, 0.717) is 16.2 Å². The van der Waals surface area contributed by atoms with Gasteiger partial charge in [0.2, 0.25) is 6.20 Å². The first kappa shape index (κ1) is 14.4. The van der Waals surface area contributed by atoms with Gasteiger partial charge in [0.25, 0.3) is 6.20 Å². The molecule has 0 aliphatic heterocycles. The summed E-state index contributed by atoms with van der Waals surface area (Å²) in [7, 11) is 0. The third kappa shape index (κ3) is 2.22. The van der Waals surface area contributed by atoms with E-state index in [1.807, 2.05) is 42.5 Å². The van der Waals surface area contributed by atoms with Crippen LogP contribution in [-0.4, -0.2) is 25.1 Å². The van der Waals surface area contributed by atoms with E-state index in [1.54, 1.807) is 10.6 Å². The second-order valence-electron chi connectivity index (χ2n) is 5.31. The maximum Gasteiger partial charge on any atom is 0.264 e. The summed E-state index contributed by atoms with van der Waals surface area (Å²) >= 11 is 5.40. The number of aromatic nitrogens is 4. The van der Waals surface area contributed by atoms with Crippen LogP contribution in [0.4, 0.5) is 0 Å². The van der Waals surface area contributed by atoms with Gasteiger partial charge in [-0.2, -0.15) is 5.10 Å². The van der Waals surface area contributed by atoms with E-state index in [4.69, 9.17) is 12.2 Å². The molecule has 4 aromatic rings. The van der Waals surface area contributed by atoms with Gasteiger partial charge < -0.3 is 5.11 Å². The van der Waals surface area contributed by atoms with E-state index < -0.39 is 0 Å². The van der Waals surface area contributed by atoms with Crippen molar-refractivity contribution in [1.82, 2.24) is 14.8 Å². The van der Waals surface area contributed by atoms with Gasteiger partial charge in [0.15, 0.2) is 16.3 Å². The Balaban J connectivity index is 2.03. The molecule has 7 heteroatoms. The van der Waals surface area contributed by atoms with Crippen LogP contribution < -0.4 is 4.73 Å². The van der Waals surface area contributed by atoms with Crippen molar-refractivity contribution in [1.29, 1.82) is 0 Å². The topological polar surface area (TPSA) is 78.0 Å². The van der Waals surface area contributed by atoms with E-state index >= 15 is 0 Å². The van der Waals surface area contributed by atoms with E-state index in [1.165, 1.54) is 12.4 Å². The van der Waals surface area contributed by atoms with E-state index in [-0.39, 0.29) is 5.75 Å². The largest absolute Gasteiger partial charge is 0.502 e. The van der Waals surface area contributed by atoms with Crippen molar-refractivity contribution in [3.63, 3.8) is 0 Å². The molecule has 3 N–H and O–H groups in total. The van der Waals surface area contributed by atoms with Crippen molar-refractivity contribution >= 4 is 23.0 Å². The first-order valence-corrected chi connectivity index (χ1v) is 7.65. The zero-order chi connectivity index (χ0) is 16.7. The molecular formula is C17H13N4O2S+. The van der Waals surface area contributed by atoms with Crippen LogP contribution >= 0.6 is 12.2 Å². The normalized spacial score (nSPS) is 11.0. The van der Waals surface area contributed by atoms with Crippen molar-refractivity contribution in [2.24, 2.45) is 0 Å². The Hall–Kier alpha value is -3.19. The maximum absolute atomic E-state index is 10.2. The summed E-state index contributed by atoms with van der Waals surface area (Å²) in [4.78, 5) is 0. The van der Waals surface area contributed by atoms with Crippen molar-refractivity contribution in [3.05, 3.63) is 65.7 Å². The highest BCUT2D eigenvalue weighted by molar-refractivity contribution is 7.71. The van der Waals surface area contributed by atoms with Crippen molar-refractivity contribution in [2.75, 3.05) is 0 Å². The molecule has 118 valence electrons. The lowest BCUT2D eigenvalue weighted by atomic mass is 10.1. The summed E-state index contributed by atoms with van der Waals surface area (Å²) in [5.74, 6) is 0.366. The molecule has 0 spiro atoms. The monoisotopic (exact) mass is 337 g/mol. The molecule has 24 heavy (non-hydrogen) atoms. The number of fused-ring (bicyclic) bond motifs is 1. The van der Waals surface area contributed by atoms with E-state index in [2.05, 4.69) is 10.2 Å². The highest BCUT2D eigenvalue weighted by atomic mass is 32.1. The molecule has 0 saturated heterocycles. The molecule has 0 aliphatic rings. The predicted molar refractivity (Wildman–Crippen MR) is 90.7 cm³/mol. The number of aromatic amines is 1. The fraction of sp³-hybridized carbons (Fsp3) is 0. The number of nitrogens with one attached hydrogen (secondary N) is 1. The summed E-state index contributed by atoms with van der Waals surface area (Å²) in [6.45, 7) is 0. The first-order valence-electron chi connectivity index (χ1n) is 7.24. The zero-order valence-corrected chi connectivity index (χ0v) is 13.2. The molecule has 4 rings (SSSR count). The van der Waals surface area contributed by atoms with Crippen LogP contribution in [0.15, 0.2) is 60.9 Å². The third-order valence-electron chi connectivity index (χ3n) is 3.85. The van der Waals surface area contributed by atoms with Gasteiger partial charge in [-0.3, -0.25) is 14.9 Å². The Bertz CT molecular complexity index is 1110. The van der Waals surface area contributed by atoms with Gasteiger partial charge >= 0.3 is 0 Å². The van der Waals surface area contributed by atoms with Gasteiger partial charge in [-0.1, -0.05) is 36.4 Å². The third-order valence-corrected chi connectivity index (χ3v) is 4.12. The average Bonchev–Trinajstić information content (AvgIpc) is 2.95. The van der Waals surface area contributed by atoms with Gasteiger partial charge in [-0.25, -0.2) is 0 Å². The molecular weight excluding hydrogens is 324 g/mol. The molecule has 0 radical (unpaired) electrons. The lowest BCUT2D eigenvalue weighted by Gasteiger charge is -2.10. The minimum absolute atomic E-state index is 0.101. The van der Waals surface area contributed by atoms with Crippen LogP contribution in [0.2, 0.25) is 0 Å². The number of rotatable bonds is 2. The van der Waals surface area contributed by atoms with Crippen LogP contribution in [0.3, 0.4) is 0 Å². The lowest BCUT2D eigenvalue weighted by Crippen LogP contribution is -2.28. The van der Waals surface area contributed by atoms with Gasteiger partial charge in [-0.15, -0.1) is 0 Å². The number of benzene rings is 2. The molecule has 0 bridgehead atoms. The Kier molecular flexibility index (Phi) is 3.28.